The average molecular weight is 323 g/mol. The van der Waals surface area contributed by atoms with Crippen molar-refractivity contribution < 1.29 is 14.0 Å². The molecular weight excluding hydrogens is 297 g/mol. The third-order valence-corrected chi connectivity index (χ3v) is 3.65. The fourth-order valence-corrected chi connectivity index (χ4v) is 2.18. The Labute approximate surface area is 137 Å². The third-order valence-electron chi connectivity index (χ3n) is 3.65. The van der Waals surface area contributed by atoms with Crippen LogP contribution in [0, 0.1) is 5.82 Å². The van der Waals surface area contributed by atoms with E-state index >= 15 is 0 Å². The summed E-state index contributed by atoms with van der Waals surface area (Å²) in [5, 5.41) is 5.18. The first kappa shape index (κ1) is 19.1. The van der Waals surface area contributed by atoms with E-state index in [-0.39, 0.29) is 5.82 Å². The van der Waals surface area contributed by atoms with Gasteiger partial charge in [-0.05, 0) is 50.2 Å². The first-order valence-electron chi connectivity index (χ1n) is 8.09. The number of nitrogens with one attached hydrogen (secondary N) is 2. The summed E-state index contributed by atoms with van der Waals surface area (Å²) in [6.45, 7) is 7.88. The van der Waals surface area contributed by atoms with Gasteiger partial charge in [0.2, 0.25) is 0 Å². The molecule has 0 aliphatic heterocycles. The third kappa shape index (κ3) is 7.74. The molecule has 0 aliphatic rings. The van der Waals surface area contributed by atoms with Gasteiger partial charge in [0, 0.05) is 13.1 Å². The lowest BCUT2D eigenvalue weighted by atomic mass is 10.1. The average Bonchev–Trinajstić information content (AvgIpc) is 2.56. The summed E-state index contributed by atoms with van der Waals surface area (Å²) < 4.78 is 12.8. The van der Waals surface area contributed by atoms with Gasteiger partial charge in [-0.3, -0.25) is 9.59 Å². The van der Waals surface area contributed by atoms with Crippen LogP contribution in [0.5, 0.6) is 0 Å². The standard InChI is InChI=1S/C17H26FN3O2/c1-3-21(4-2)13-5-11-19-16(22)17(23)20-12-10-14-6-8-15(18)9-7-14/h6-9H,3-5,10-13H2,1-2H3,(H,19,22)(H,20,23). The van der Waals surface area contributed by atoms with Crippen molar-refractivity contribution in [3.63, 3.8) is 0 Å². The lowest BCUT2D eigenvalue weighted by Gasteiger charge is -2.17. The SMILES string of the molecule is CCN(CC)CCCNC(=O)C(=O)NCCc1ccc(F)cc1. The smallest absolute Gasteiger partial charge is 0.309 e. The van der Waals surface area contributed by atoms with Crippen LogP contribution >= 0.6 is 0 Å². The van der Waals surface area contributed by atoms with Gasteiger partial charge in [0.25, 0.3) is 0 Å². The number of hydrogen-bond acceptors (Lipinski definition) is 3. The first-order valence-corrected chi connectivity index (χ1v) is 8.09. The Morgan fingerprint density at radius 2 is 1.57 bits per heavy atom. The molecule has 0 aromatic heterocycles. The quantitative estimate of drug-likeness (QED) is 0.532. The minimum atomic E-state index is -0.630. The van der Waals surface area contributed by atoms with E-state index < -0.39 is 11.8 Å². The van der Waals surface area contributed by atoms with E-state index in [0.717, 1.165) is 31.6 Å². The van der Waals surface area contributed by atoms with Crippen LogP contribution in [0.3, 0.4) is 0 Å². The van der Waals surface area contributed by atoms with Gasteiger partial charge >= 0.3 is 11.8 Å². The lowest BCUT2D eigenvalue weighted by Crippen LogP contribution is -2.41. The van der Waals surface area contributed by atoms with Crippen LogP contribution in [0.4, 0.5) is 4.39 Å². The fraction of sp³-hybridized carbons (Fsp3) is 0.529. The Balaban J connectivity index is 2.16. The number of rotatable bonds is 9. The number of carbonyl (C=O) groups is 2. The Hall–Kier alpha value is -1.95. The van der Waals surface area contributed by atoms with E-state index in [4.69, 9.17) is 0 Å². The zero-order valence-corrected chi connectivity index (χ0v) is 13.9. The topological polar surface area (TPSA) is 61.4 Å². The molecule has 0 fully saturated rings. The number of amides is 2. The normalized spacial score (nSPS) is 10.6. The van der Waals surface area contributed by atoms with Crippen molar-refractivity contribution in [3.05, 3.63) is 35.6 Å². The zero-order chi connectivity index (χ0) is 17.1. The zero-order valence-electron chi connectivity index (χ0n) is 13.9. The number of hydrogen-bond donors (Lipinski definition) is 2. The molecule has 0 radical (unpaired) electrons. The maximum atomic E-state index is 12.8. The molecule has 5 nitrogen and oxygen atoms in total. The van der Waals surface area contributed by atoms with Gasteiger partial charge in [-0.15, -0.1) is 0 Å². The Bertz CT molecular complexity index is 487. The van der Waals surface area contributed by atoms with E-state index in [9.17, 15) is 14.0 Å². The van der Waals surface area contributed by atoms with Crippen LogP contribution in [-0.4, -0.2) is 49.4 Å². The number of carbonyl (C=O) groups excluding carboxylic acids is 2. The predicted octanol–water partition coefficient (Wildman–Crippen LogP) is 1.33. The molecular formula is C17H26FN3O2. The maximum Gasteiger partial charge on any atom is 0.309 e. The van der Waals surface area contributed by atoms with Crippen molar-refractivity contribution in [2.24, 2.45) is 0 Å². The molecule has 1 aromatic carbocycles. The summed E-state index contributed by atoms with van der Waals surface area (Å²) in [5.41, 5.74) is 0.909. The van der Waals surface area contributed by atoms with Crippen LogP contribution in [0.2, 0.25) is 0 Å². The molecule has 0 unspecified atom stereocenters. The number of benzene rings is 1. The number of nitrogens with zero attached hydrogens (tertiary/aromatic N) is 1. The van der Waals surface area contributed by atoms with Gasteiger partial charge in [-0.1, -0.05) is 26.0 Å². The highest BCUT2D eigenvalue weighted by Gasteiger charge is 2.12. The van der Waals surface area contributed by atoms with Gasteiger partial charge in [-0.25, -0.2) is 4.39 Å². The molecule has 0 saturated carbocycles. The summed E-state index contributed by atoms with van der Waals surface area (Å²) in [4.78, 5) is 25.5. The van der Waals surface area contributed by atoms with E-state index in [2.05, 4.69) is 29.4 Å². The maximum absolute atomic E-state index is 12.8. The minimum absolute atomic E-state index is 0.290. The molecule has 1 rings (SSSR count). The monoisotopic (exact) mass is 323 g/mol. The van der Waals surface area contributed by atoms with Gasteiger partial charge in [0.1, 0.15) is 5.82 Å². The van der Waals surface area contributed by atoms with Gasteiger partial charge in [-0.2, -0.15) is 0 Å². The van der Waals surface area contributed by atoms with Crippen LogP contribution in [0.1, 0.15) is 25.8 Å². The molecule has 0 aliphatic carbocycles. The second-order valence-corrected chi connectivity index (χ2v) is 5.27. The van der Waals surface area contributed by atoms with E-state index in [1.807, 2.05) is 0 Å². The largest absolute Gasteiger partial charge is 0.348 e. The van der Waals surface area contributed by atoms with Gasteiger partial charge < -0.3 is 15.5 Å². The van der Waals surface area contributed by atoms with Crippen LogP contribution in [0.15, 0.2) is 24.3 Å². The van der Waals surface area contributed by atoms with Crippen molar-refractivity contribution in [2.45, 2.75) is 26.7 Å². The van der Waals surface area contributed by atoms with E-state index in [1.165, 1.54) is 12.1 Å². The summed E-state index contributed by atoms with van der Waals surface area (Å²) in [6, 6.07) is 6.07. The van der Waals surface area contributed by atoms with E-state index in [1.54, 1.807) is 12.1 Å². The molecule has 1 aromatic rings. The fourth-order valence-electron chi connectivity index (χ4n) is 2.18. The second kappa shape index (κ2) is 10.7. The van der Waals surface area contributed by atoms with Gasteiger partial charge in [0.15, 0.2) is 0 Å². The molecule has 2 amide bonds. The van der Waals surface area contributed by atoms with Crippen molar-refractivity contribution in [1.29, 1.82) is 0 Å². The summed E-state index contributed by atoms with van der Waals surface area (Å²) in [7, 11) is 0. The molecule has 128 valence electrons. The van der Waals surface area contributed by atoms with Crippen molar-refractivity contribution >= 4 is 11.8 Å². The van der Waals surface area contributed by atoms with Crippen LogP contribution in [0.25, 0.3) is 0 Å². The molecule has 0 saturated heterocycles. The van der Waals surface area contributed by atoms with Crippen LogP contribution < -0.4 is 10.6 Å². The van der Waals surface area contributed by atoms with Crippen molar-refractivity contribution in [3.8, 4) is 0 Å². The highest BCUT2D eigenvalue weighted by molar-refractivity contribution is 6.35. The molecule has 0 heterocycles. The summed E-state index contributed by atoms with van der Waals surface area (Å²) in [6.07, 6.45) is 1.37. The molecule has 6 heteroatoms. The summed E-state index contributed by atoms with van der Waals surface area (Å²) in [5.74, 6) is -1.53. The molecule has 2 N–H and O–H groups in total. The van der Waals surface area contributed by atoms with Crippen molar-refractivity contribution in [1.82, 2.24) is 15.5 Å². The predicted molar refractivity (Wildman–Crippen MR) is 88.5 cm³/mol. The summed E-state index contributed by atoms with van der Waals surface area (Å²) >= 11 is 0. The first-order chi connectivity index (χ1) is 11.1. The Morgan fingerprint density at radius 3 is 2.13 bits per heavy atom. The number of halogens is 1. The van der Waals surface area contributed by atoms with Crippen molar-refractivity contribution in [2.75, 3.05) is 32.7 Å². The second-order valence-electron chi connectivity index (χ2n) is 5.27. The highest BCUT2D eigenvalue weighted by Crippen LogP contribution is 2.02. The molecule has 0 atom stereocenters. The highest BCUT2D eigenvalue weighted by atomic mass is 19.1. The molecule has 0 spiro atoms. The van der Waals surface area contributed by atoms with E-state index in [0.29, 0.717) is 19.5 Å². The Kier molecular flexibility index (Phi) is 8.90. The minimum Gasteiger partial charge on any atom is -0.348 e. The lowest BCUT2D eigenvalue weighted by molar-refractivity contribution is -0.139. The van der Waals surface area contributed by atoms with Gasteiger partial charge in [0.05, 0.1) is 0 Å². The molecule has 23 heavy (non-hydrogen) atoms. The molecule has 0 bridgehead atoms. The Morgan fingerprint density at radius 1 is 1.00 bits per heavy atom. The van der Waals surface area contributed by atoms with Crippen LogP contribution in [-0.2, 0) is 16.0 Å².